The zero-order valence-corrected chi connectivity index (χ0v) is 11.4. The molecule has 2 heterocycles. The highest BCUT2D eigenvalue weighted by Gasteiger charge is 2.31. The SMILES string of the molecule is Cc1cc(C=O)cnc1N(C)CC1(O)CCOCC1. The molecule has 0 spiro atoms. The zero-order valence-electron chi connectivity index (χ0n) is 11.4. The summed E-state index contributed by atoms with van der Waals surface area (Å²) in [7, 11) is 1.91. The van der Waals surface area contributed by atoms with Crippen molar-refractivity contribution in [1.29, 1.82) is 0 Å². The number of ether oxygens (including phenoxy) is 1. The Morgan fingerprint density at radius 2 is 2.21 bits per heavy atom. The Morgan fingerprint density at radius 1 is 1.53 bits per heavy atom. The van der Waals surface area contributed by atoms with Gasteiger partial charge in [-0.3, -0.25) is 4.79 Å². The van der Waals surface area contributed by atoms with Gasteiger partial charge in [-0.25, -0.2) is 4.98 Å². The number of nitrogens with zero attached hydrogens (tertiary/aromatic N) is 2. The highest BCUT2D eigenvalue weighted by Crippen LogP contribution is 2.24. The van der Waals surface area contributed by atoms with Gasteiger partial charge in [0.25, 0.3) is 0 Å². The fraction of sp³-hybridized carbons (Fsp3) is 0.571. The third-order valence-electron chi connectivity index (χ3n) is 3.52. The molecule has 104 valence electrons. The van der Waals surface area contributed by atoms with Gasteiger partial charge in [-0.2, -0.15) is 0 Å². The molecule has 0 amide bonds. The fourth-order valence-corrected chi connectivity index (χ4v) is 2.48. The molecule has 0 aliphatic carbocycles. The Labute approximate surface area is 113 Å². The smallest absolute Gasteiger partial charge is 0.151 e. The molecule has 0 radical (unpaired) electrons. The van der Waals surface area contributed by atoms with Crippen LogP contribution in [0, 0.1) is 6.92 Å². The van der Waals surface area contributed by atoms with Crippen molar-refractivity contribution < 1.29 is 14.6 Å². The van der Waals surface area contributed by atoms with E-state index < -0.39 is 5.60 Å². The van der Waals surface area contributed by atoms with E-state index in [1.54, 1.807) is 12.3 Å². The molecule has 19 heavy (non-hydrogen) atoms. The van der Waals surface area contributed by atoms with Crippen molar-refractivity contribution in [2.24, 2.45) is 0 Å². The number of aliphatic hydroxyl groups is 1. The van der Waals surface area contributed by atoms with E-state index in [0.717, 1.165) is 17.7 Å². The predicted molar refractivity (Wildman–Crippen MR) is 72.6 cm³/mol. The Morgan fingerprint density at radius 3 is 2.79 bits per heavy atom. The lowest BCUT2D eigenvalue weighted by molar-refractivity contribution is -0.0573. The molecular weight excluding hydrogens is 244 g/mol. The number of aryl methyl sites for hydroxylation is 1. The van der Waals surface area contributed by atoms with Crippen LogP contribution < -0.4 is 4.90 Å². The van der Waals surface area contributed by atoms with Crippen molar-refractivity contribution in [3.05, 3.63) is 23.4 Å². The Bertz CT molecular complexity index is 456. The number of anilines is 1. The molecule has 0 aromatic carbocycles. The minimum atomic E-state index is -0.718. The third kappa shape index (κ3) is 3.30. The first-order chi connectivity index (χ1) is 9.04. The van der Waals surface area contributed by atoms with E-state index in [1.807, 2.05) is 18.9 Å². The first-order valence-electron chi connectivity index (χ1n) is 6.47. The van der Waals surface area contributed by atoms with Crippen LogP contribution in [0.1, 0.15) is 28.8 Å². The number of hydrogen-bond acceptors (Lipinski definition) is 5. The molecule has 1 N–H and O–H groups in total. The average Bonchev–Trinajstić information content (AvgIpc) is 2.38. The number of rotatable bonds is 4. The minimum Gasteiger partial charge on any atom is -0.388 e. The van der Waals surface area contributed by atoms with Crippen molar-refractivity contribution in [2.45, 2.75) is 25.4 Å². The van der Waals surface area contributed by atoms with Gasteiger partial charge < -0.3 is 14.7 Å². The van der Waals surface area contributed by atoms with Crippen LogP contribution in [0.2, 0.25) is 0 Å². The maximum atomic E-state index is 10.7. The number of aromatic nitrogens is 1. The molecular formula is C14H20N2O3. The zero-order chi connectivity index (χ0) is 13.9. The quantitative estimate of drug-likeness (QED) is 0.827. The number of carbonyl (C=O) groups is 1. The first kappa shape index (κ1) is 14.0. The molecule has 1 aliphatic rings. The van der Waals surface area contributed by atoms with E-state index in [-0.39, 0.29) is 0 Å². The van der Waals surface area contributed by atoms with Gasteiger partial charge in [0.15, 0.2) is 6.29 Å². The van der Waals surface area contributed by atoms with Crippen LogP contribution in [0.25, 0.3) is 0 Å². The summed E-state index contributed by atoms with van der Waals surface area (Å²) in [6.07, 6.45) is 3.63. The van der Waals surface area contributed by atoms with Crippen molar-refractivity contribution in [2.75, 3.05) is 31.7 Å². The summed E-state index contributed by atoms with van der Waals surface area (Å²) < 4.78 is 5.27. The maximum absolute atomic E-state index is 10.7. The van der Waals surface area contributed by atoms with Crippen LogP contribution in [0.5, 0.6) is 0 Å². The van der Waals surface area contributed by atoms with Gasteiger partial charge in [0.1, 0.15) is 5.82 Å². The van der Waals surface area contributed by atoms with E-state index in [9.17, 15) is 9.90 Å². The lowest BCUT2D eigenvalue weighted by Crippen LogP contribution is -2.46. The van der Waals surface area contributed by atoms with E-state index in [0.29, 0.717) is 38.2 Å². The highest BCUT2D eigenvalue weighted by molar-refractivity contribution is 5.75. The molecule has 5 heteroatoms. The summed E-state index contributed by atoms with van der Waals surface area (Å²) in [6, 6.07) is 1.81. The number of likely N-dealkylation sites (N-methyl/N-ethyl adjacent to an activating group) is 1. The van der Waals surface area contributed by atoms with Crippen LogP contribution >= 0.6 is 0 Å². The number of pyridine rings is 1. The second kappa shape index (κ2) is 5.67. The lowest BCUT2D eigenvalue weighted by atomic mass is 9.94. The molecule has 5 nitrogen and oxygen atoms in total. The van der Waals surface area contributed by atoms with Gasteiger partial charge in [0.05, 0.1) is 5.60 Å². The van der Waals surface area contributed by atoms with Crippen LogP contribution in [0.15, 0.2) is 12.3 Å². The number of aldehydes is 1. The van der Waals surface area contributed by atoms with Crippen molar-refractivity contribution in [3.8, 4) is 0 Å². The summed E-state index contributed by atoms with van der Waals surface area (Å²) >= 11 is 0. The van der Waals surface area contributed by atoms with Crippen LogP contribution in [-0.2, 0) is 4.74 Å². The van der Waals surface area contributed by atoms with Crippen molar-refractivity contribution in [3.63, 3.8) is 0 Å². The standard InChI is InChI=1S/C14H20N2O3/c1-11-7-12(9-17)8-15-13(11)16(2)10-14(18)3-5-19-6-4-14/h7-9,18H,3-6,10H2,1-2H3. The fourth-order valence-electron chi connectivity index (χ4n) is 2.48. The minimum absolute atomic E-state index is 0.518. The topological polar surface area (TPSA) is 62.7 Å². The molecule has 1 aromatic rings. The van der Waals surface area contributed by atoms with E-state index in [4.69, 9.17) is 4.74 Å². The maximum Gasteiger partial charge on any atom is 0.151 e. The molecule has 2 rings (SSSR count). The summed E-state index contributed by atoms with van der Waals surface area (Å²) in [5, 5.41) is 10.5. The molecule has 0 bridgehead atoms. The summed E-state index contributed by atoms with van der Waals surface area (Å²) in [6.45, 7) is 3.63. The largest absolute Gasteiger partial charge is 0.388 e. The Balaban J connectivity index is 2.10. The first-order valence-corrected chi connectivity index (χ1v) is 6.47. The van der Waals surface area contributed by atoms with E-state index >= 15 is 0 Å². The van der Waals surface area contributed by atoms with E-state index in [2.05, 4.69) is 4.98 Å². The molecule has 0 unspecified atom stereocenters. The molecule has 1 saturated heterocycles. The van der Waals surface area contributed by atoms with Gasteiger partial charge in [-0.15, -0.1) is 0 Å². The van der Waals surface area contributed by atoms with Crippen molar-refractivity contribution in [1.82, 2.24) is 4.98 Å². The average molecular weight is 264 g/mol. The monoisotopic (exact) mass is 264 g/mol. The van der Waals surface area contributed by atoms with Crippen molar-refractivity contribution >= 4 is 12.1 Å². The van der Waals surface area contributed by atoms with Gasteiger partial charge in [-0.05, 0) is 18.6 Å². The third-order valence-corrected chi connectivity index (χ3v) is 3.52. The van der Waals surface area contributed by atoms with Crippen LogP contribution in [0.4, 0.5) is 5.82 Å². The second-order valence-electron chi connectivity index (χ2n) is 5.22. The summed E-state index contributed by atoms with van der Waals surface area (Å²) in [4.78, 5) is 16.9. The van der Waals surface area contributed by atoms with Gasteiger partial charge >= 0.3 is 0 Å². The predicted octanol–water partition coefficient (Wildman–Crippen LogP) is 1.18. The molecule has 1 aromatic heterocycles. The number of carbonyl (C=O) groups excluding carboxylic acids is 1. The Kier molecular flexibility index (Phi) is 4.17. The Hall–Kier alpha value is -1.46. The highest BCUT2D eigenvalue weighted by atomic mass is 16.5. The van der Waals surface area contributed by atoms with Crippen LogP contribution in [0.3, 0.4) is 0 Å². The van der Waals surface area contributed by atoms with E-state index in [1.165, 1.54) is 0 Å². The number of hydrogen-bond donors (Lipinski definition) is 1. The lowest BCUT2D eigenvalue weighted by Gasteiger charge is -2.36. The van der Waals surface area contributed by atoms with Gasteiger partial charge in [0.2, 0.25) is 0 Å². The summed E-state index contributed by atoms with van der Waals surface area (Å²) in [5.74, 6) is 0.797. The van der Waals surface area contributed by atoms with Gasteiger partial charge in [-0.1, -0.05) is 0 Å². The molecule has 1 aliphatic heterocycles. The normalized spacial score (nSPS) is 18.1. The molecule has 1 fully saturated rings. The second-order valence-corrected chi connectivity index (χ2v) is 5.22. The molecule has 0 saturated carbocycles. The molecule has 0 atom stereocenters. The summed E-state index contributed by atoms with van der Waals surface area (Å²) in [5.41, 5.74) is 0.784. The van der Waals surface area contributed by atoms with Crippen LogP contribution in [-0.4, -0.2) is 48.8 Å². The van der Waals surface area contributed by atoms with Gasteiger partial charge in [0, 0.05) is 51.4 Å².